The fourth-order valence-corrected chi connectivity index (χ4v) is 4.50. The molecule has 118 valence electrons. The van der Waals surface area contributed by atoms with E-state index >= 15 is 0 Å². The molecule has 21 heavy (non-hydrogen) atoms. The maximum atomic E-state index is 3.50. The van der Waals surface area contributed by atoms with Crippen molar-refractivity contribution in [2.24, 2.45) is 0 Å². The molecule has 3 nitrogen and oxygen atoms in total. The normalized spacial score (nSPS) is 24.4. The first-order chi connectivity index (χ1) is 10.2. The van der Waals surface area contributed by atoms with Crippen molar-refractivity contribution in [2.75, 3.05) is 26.2 Å². The minimum atomic E-state index is 0.565. The molecule has 2 aliphatic rings. The summed E-state index contributed by atoms with van der Waals surface area (Å²) in [7, 11) is 0. The van der Waals surface area contributed by atoms with Crippen LogP contribution >= 0.6 is 11.3 Å². The van der Waals surface area contributed by atoms with Crippen molar-refractivity contribution in [3.63, 3.8) is 0 Å². The van der Waals surface area contributed by atoms with Crippen LogP contribution in [0.5, 0.6) is 0 Å². The van der Waals surface area contributed by atoms with Gasteiger partial charge in [0, 0.05) is 48.0 Å². The maximum absolute atomic E-state index is 3.50. The molecular weight excluding hydrogens is 278 g/mol. The van der Waals surface area contributed by atoms with E-state index in [1.165, 1.54) is 55.2 Å². The van der Waals surface area contributed by atoms with Crippen LogP contribution in [0.3, 0.4) is 0 Å². The Balaban J connectivity index is 1.46. The van der Waals surface area contributed by atoms with Gasteiger partial charge in [-0.25, -0.2) is 0 Å². The summed E-state index contributed by atoms with van der Waals surface area (Å²) in [5.41, 5.74) is 0. The van der Waals surface area contributed by atoms with E-state index in [4.69, 9.17) is 0 Å². The van der Waals surface area contributed by atoms with E-state index in [2.05, 4.69) is 41.1 Å². The summed E-state index contributed by atoms with van der Waals surface area (Å²) < 4.78 is 0. The lowest BCUT2D eigenvalue weighted by Gasteiger charge is -2.23. The molecule has 0 radical (unpaired) electrons. The summed E-state index contributed by atoms with van der Waals surface area (Å²) >= 11 is 1.98. The second-order valence-electron chi connectivity index (χ2n) is 6.82. The largest absolute Gasteiger partial charge is 0.310 e. The van der Waals surface area contributed by atoms with Crippen molar-refractivity contribution in [2.45, 2.75) is 58.3 Å². The molecule has 0 saturated carbocycles. The van der Waals surface area contributed by atoms with Crippen LogP contribution in [-0.4, -0.2) is 48.1 Å². The highest BCUT2D eigenvalue weighted by Gasteiger charge is 2.29. The zero-order valence-electron chi connectivity index (χ0n) is 13.5. The molecule has 3 heterocycles. The van der Waals surface area contributed by atoms with E-state index < -0.39 is 0 Å². The van der Waals surface area contributed by atoms with Crippen molar-refractivity contribution >= 4 is 11.3 Å². The molecule has 3 rings (SSSR count). The SMILES string of the molecule is CC(C)NCc1ccc(CN2CCC(N3CCCC3)C2)s1. The molecule has 0 aliphatic carbocycles. The molecule has 2 fully saturated rings. The number of hydrogen-bond donors (Lipinski definition) is 1. The molecule has 0 bridgehead atoms. The van der Waals surface area contributed by atoms with Gasteiger partial charge < -0.3 is 5.32 Å². The van der Waals surface area contributed by atoms with Gasteiger partial charge in [-0.05, 0) is 44.5 Å². The highest BCUT2D eigenvalue weighted by atomic mass is 32.1. The Morgan fingerprint density at radius 1 is 1.19 bits per heavy atom. The van der Waals surface area contributed by atoms with Crippen molar-refractivity contribution in [1.82, 2.24) is 15.1 Å². The van der Waals surface area contributed by atoms with Crippen molar-refractivity contribution in [3.8, 4) is 0 Å². The standard InChI is InChI=1S/C17H29N3S/c1-14(2)18-11-16-5-6-17(21-16)13-19-10-7-15(12-19)20-8-3-4-9-20/h5-6,14-15,18H,3-4,7-13H2,1-2H3. The smallest absolute Gasteiger partial charge is 0.0328 e. The Morgan fingerprint density at radius 3 is 2.71 bits per heavy atom. The molecule has 2 saturated heterocycles. The molecule has 0 amide bonds. The lowest BCUT2D eigenvalue weighted by Crippen LogP contribution is -2.35. The molecular formula is C17H29N3S. The minimum Gasteiger partial charge on any atom is -0.310 e. The van der Waals surface area contributed by atoms with E-state index in [0.717, 1.165) is 19.1 Å². The quantitative estimate of drug-likeness (QED) is 0.872. The highest BCUT2D eigenvalue weighted by Crippen LogP contribution is 2.24. The minimum absolute atomic E-state index is 0.565. The molecule has 2 aliphatic heterocycles. The lowest BCUT2D eigenvalue weighted by molar-refractivity contribution is 0.230. The Morgan fingerprint density at radius 2 is 1.95 bits per heavy atom. The third-order valence-corrected chi connectivity index (χ3v) is 5.76. The van der Waals surface area contributed by atoms with Crippen LogP contribution in [0.15, 0.2) is 12.1 Å². The summed E-state index contributed by atoms with van der Waals surface area (Å²) in [5, 5.41) is 3.50. The lowest BCUT2D eigenvalue weighted by atomic mass is 10.2. The first-order valence-corrected chi connectivity index (χ1v) is 9.30. The van der Waals surface area contributed by atoms with Crippen LogP contribution in [0.1, 0.15) is 42.9 Å². The molecule has 1 atom stereocenters. The monoisotopic (exact) mass is 307 g/mol. The average Bonchev–Trinajstić information content (AvgIpc) is 3.18. The fourth-order valence-electron chi connectivity index (χ4n) is 3.49. The second-order valence-corrected chi connectivity index (χ2v) is 8.08. The predicted molar refractivity (Wildman–Crippen MR) is 90.8 cm³/mol. The van der Waals surface area contributed by atoms with Gasteiger partial charge in [0.15, 0.2) is 0 Å². The van der Waals surface area contributed by atoms with Crippen LogP contribution in [0.4, 0.5) is 0 Å². The van der Waals surface area contributed by atoms with E-state index in [9.17, 15) is 0 Å². The van der Waals surface area contributed by atoms with Gasteiger partial charge in [-0.15, -0.1) is 11.3 Å². The topological polar surface area (TPSA) is 18.5 Å². The van der Waals surface area contributed by atoms with E-state index in [0.29, 0.717) is 6.04 Å². The third-order valence-electron chi connectivity index (χ3n) is 4.69. The van der Waals surface area contributed by atoms with E-state index in [1.54, 1.807) is 0 Å². The third kappa shape index (κ3) is 4.28. The molecule has 1 unspecified atom stereocenters. The zero-order chi connectivity index (χ0) is 14.7. The number of nitrogens with zero attached hydrogens (tertiary/aromatic N) is 2. The molecule has 0 spiro atoms. The molecule has 0 aromatic carbocycles. The Bertz CT molecular complexity index is 437. The number of nitrogens with one attached hydrogen (secondary N) is 1. The van der Waals surface area contributed by atoms with Gasteiger partial charge in [0.2, 0.25) is 0 Å². The molecule has 1 aromatic heterocycles. The number of hydrogen-bond acceptors (Lipinski definition) is 4. The first kappa shape index (κ1) is 15.5. The van der Waals surface area contributed by atoms with E-state index in [1.807, 2.05) is 11.3 Å². The second kappa shape index (κ2) is 7.23. The van der Waals surface area contributed by atoms with Gasteiger partial charge in [-0.2, -0.15) is 0 Å². The van der Waals surface area contributed by atoms with Gasteiger partial charge in [0.25, 0.3) is 0 Å². The first-order valence-electron chi connectivity index (χ1n) is 8.48. The number of rotatable bonds is 6. The van der Waals surface area contributed by atoms with Crippen LogP contribution in [0, 0.1) is 0 Å². The van der Waals surface area contributed by atoms with E-state index in [-0.39, 0.29) is 0 Å². The predicted octanol–water partition coefficient (Wildman–Crippen LogP) is 2.92. The Labute approximate surface area is 133 Å². The number of likely N-dealkylation sites (tertiary alicyclic amines) is 2. The summed E-state index contributed by atoms with van der Waals surface area (Å²) in [5.74, 6) is 0. The molecule has 1 aromatic rings. The van der Waals surface area contributed by atoms with Gasteiger partial charge >= 0.3 is 0 Å². The highest BCUT2D eigenvalue weighted by molar-refractivity contribution is 7.11. The van der Waals surface area contributed by atoms with Crippen LogP contribution in [0.2, 0.25) is 0 Å². The van der Waals surface area contributed by atoms with Crippen LogP contribution in [-0.2, 0) is 13.1 Å². The van der Waals surface area contributed by atoms with Crippen LogP contribution in [0.25, 0.3) is 0 Å². The zero-order valence-corrected chi connectivity index (χ0v) is 14.3. The summed E-state index contributed by atoms with van der Waals surface area (Å²) in [6, 6.07) is 6.01. The maximum Gasteiger partial charge on any atom is 0.0328 e. The van der Waals surface area contributed by atoms with Gasteiger partial charge in [-0.1, -0.05) is 13.8 Å². The van der Waals surface area contributed by atoms with Gasteiger partial charge in [0.05, 0.1) is 0 Å². The summed E-state index contributed by atoms with van der Waals surface area (Å²) in [4.78, 5) is 8.35. The molecule has 1 N–H and O–H groups in total. The summed E-state index contributed by atoms with van der Waals surface area (Å²) in [6.45, 7) is 11.8. The van der Waals surface area contributed by atoms with Crippen molar-refractivity contribution < 1.29 is 0 Å². The Kier molecular flexibility index (Phi) is 5.33. The summed E-state index contributed by atoms with van der Waals surface area (Å²) in [6.07, 6.45) is 4.19. The average molecular weight is 308 g/mol. The molecule has 4 heteroatoms. The van der Waals surface area contributed by atoms with Crippen LogP contribution < -0.4 is 5.32 Å². The van der Waals surface area contributed by atoms with Gasteiger partial charge in [-0.3, -0.25) is 9.80 Å². The van der Waals surface area contributed by atoms with Gasteiger partial charge in [0.1, 0.15) is 0 Å². The number of thiophene rings is 1. The Hall–Kier alpha value is -0.420. The fraction of sp³-hybridized carbons (Fsp3) is 0.765. The van der Waals surface area contributed by atoms with Crippen molar-refractivity contribution in [1.29, 1.82) is 0 Å². The van der Waals surface area contributed by atoms with Crippen molar-refractivity contribution in [3.05, 3.63) is 21.9 Å².